The fourth-order valence-electron chi connectivity index (χ4n) is 6.15. The van der Waals surface area contributed by atoms with Crippen molar-refractivity contribution in [1.29, 1.82) is 0 Å². The first-order chi connectivity index (χ1) is 22.6. The molecule has 47 heavy (non-hydrogen) atoms. The summed E-state index contributed by atoms with van der Waals surface area (Å²) in [6.07, 6.45) is 9.23. The van der Waals surface area contributed by atoms with E-state index in [0.717, 1.165) is 54.7 Å². The van der Waals surface area contributed by atoms with Crippen molar-refractivity contribution in [3.8, 4) is 17.0 Å². The molecule has 2 saturated heterocycles. The SMILES string of the molecule is CC(C)(Oc1cccc(N2CCC[C@H](NC(=O)N(Cc3ccc(-c4cn[nH]c4)nc3)C3CC3)C2)c1)C(=O)NCC(=O)N1CC[C@H](O)C1. The molecule has 250 valence electrons. The molecular formula is C34H44N8O5. The summed E-state index contributed by atoms with van der Waals surface area (Å²) in [4.78, 5) is 49.2. The number of hydrogen-bond donors (Lipinski definition) is 4. The van der Waals surface area contributed by atoms with Crippen molar-refractivity contribution in [1.82, 2.24) is 35.6 Å². The third-order valence-electron chi connectivity index (χ3n) is 8.99. The topological polar surface area (TPSA) is 156 Å². The number of aliphatic hydroxyl groups excluding tert-OH is 1. The van der Waals surface area contributed by atoms with Crippen molar-refractivity contribution in [3.63, 3.8) is 0 Å². The van der Waals surface area contributed by atoms with Crippen LogP contribution in [-0.4, -0.2) is 104 Å². The lowest BCUT2D eigenvalue weighted by Gasteiger charge is -2.36. The number of carbonyl (C=O) groups is 3. The van der Waals surface area contributed by atoms with Crippen molar-refractivity contribution < 1.29 is 24.2 Å². The highest BCUT2D eigenvalue weighted by atomic mass is 16.5. The summed E-state index contributed by atoms with van der Waals surface area (Å²) in [7, 11) is 0. The molecule has 2 aromatic heterocycles. The van der Waals surface area contributed by atoms with Gasteiger partial charge in [-0.05, 0) is 69.7 Å². The number of nitrogens with one attached hydrogen (secondary N) is 3. The monoisotopic (exact) mass is 644 g/mol. The predicted molar refractivity (Wildman–Crippen MR) is 176 cm³/mol. The number of urea groups is 1. The number of likely N-dealkylation sites (tertiary alicyclic amines) is 1. The van der Waals surface area contributed by atoms with Crippen LogP contribution in [0.3, 0.4) is 0 Å². The maximum Gasteiger partial charge on any atom is 0.318 e. The lowest BCUT2D eigenvalue weighted by atomic mass is 10.0. The quantitative estimate of drug-likeness (QED) is 0.248. The van der Waals surface area contributed by atoms with Gasteiger partial charge in [0.25, 0.3) is 5.91 Å². The van der Waals surface area contributed by atoms with Crippen molar-refractivity contribution in [2.45, 2.75) is 76.3 Å². The summed E-state index contributed by atoms with van der Waals surface area (Å²) in [5.74, 6) is -0.0893. The lowest BCUT2D eigenvalue weighted by molar-refractivity contribution is -0.138. The number of benzene rings is 1. The van der Waals surface area contributed by atoms with E-state index in [0.29, 0.717) is 38.3 Å². The fourth-order valence-corrected chi connectivity index (χ4v) is 6.15. The van der Waals surface area contributed by atoms with Crippen LogP contribution in [0.15, 0.2) is 55.0 Å². The largest absolute Gasteiger partial charge is 0.478 e. The van der Waals surface area contributed by atoms with Gasteiger partial charge in [-0.1, -0.05) is 12.1 Å². The maximum atomic E-state index is 13.5. The number of amides is 4. The zero-order valence-electron chi connectivity index (χ0n) is 27.0. The Kier molecular flexibility index (Phi) is 9.62. The first-order valence-electron chi connectivity index (χ1n) is 16.4. The number of H-pyrrole nitrogens is 1. The average Bonchev–Trinajstić information content (AvgIpc) is 3.55. The Morgan fingerprint density at radius 2 is 1.94 bits per heavy atom. The van der Waals surface area contributed by atoms with Gasteiger partial charge in [-0.25, -0.2) is 4.79 Å². The van der Waals surface area contributed by atoms with E-state index in [1.54, 1.807) is 31.1 Å². The minimum Gasteiger partial charge on any atom is -0.478 e. The zero-order valence-corrected chi connectivity index (χ0v) is 27.0. The average molecular weight is 645 g/mol. The molecule has 0 spiro atoms. The number of rotatable bonds is 11. The van der Waals surface area contributed by atoms with E-state index in [4.69, 9.17) is 4.74 Å². The molecule has 1 aliphatic carbocycles. The third kappa shape index (κ3) is 8.20. The van der Waals surface area contributed by atoms with Gasteiger partial charge in [-0.3, -0.25) is 19.7 Å². The van der Waals surface area contributed by atoms with Crippen molar-refractivity contribution >= 4 is 23.5 Å². The number of β-amino-alcohol motifs (C(OH)–C–C–N with tert-alkyl or cyclic N) is 1. The maximum absolute atomic E-state index is 13.5. The van der Waals surface area contributed by atoms with Gasteiger partial charge < -0.3 is 35.2 Å². The Balaban J connectivity index is 1.02. The number of aromatic amines is 1. The van der Waals surface area contributed by atoms with Gasteiger partial charge in [0.1, 0.15) is 5.75 Å². The molecule has 4 N–H and O–H groups in total. The number of ether oxygens (including phenoxy) is 1. The van der Waals surface area contributed by atoms with Gasteiger partial charge >= 0.3 is 6.03 Å². The van der Waals surface area contributed by atoms with Crippen molar-refractivity contribution in [2.24, 2.45) is 0 Å². The van der Waals surface area contributed by atoms with Crippen molar-refractivity contribution in [3.05, 3.63) is 60.6 Å². The molecule has 13 heteroatoms. The Morgan fingerprint density at radius 1 is 1.09 bits per heavy atom. The van der Waals surface area contributed by atoms with Crippen LogP contribution in [0.5, 0.6) is 5.75 Å². The van der Waals surface area contributed by atoms with Gasteiger partial charge in [-0.2, -0.15) is 5.10 Å². The van der Waals surface area contributed by atoms with Crippen LogP contribution in [0.2, 0.25) is 0 Å². The summed E-state index contributed by atoms with van der Waals surface area (Å²) < 4.78 is 6.12. The molecule has 4 heterocycles. The first kappa shape index (κ1) is 32.3. The lowest BCUT2D eigenvalue weighted by Crippen LogP contribution is -2.52. The molecule has 3 aliphatic rings. The first-order valence-corrected chi connectivity index (χ1v) is 16.4. The predicted octanol–water partition coefficient (Wildman–Crippen LogP) is 2.68. The van der Waals surface area contributed by atoms with Crippen LogP contribution in [0.1, 0.15) is 51.5 Å². The number of nitrogens with zero attached hydrogens (tertiary/aromatic N) is 5. The molecule has 1 saturated carbocycles. The van der Waals surface area contributed by atoms with E-state index in [9.17, 15) is 19.5 Å². The summed E-state index contributed by atoms with van der Waals surface area (Å²) >= 11 is 0. The molecule has 0 radical (unpaired) electrons. The van der Waals surface area contributed by atoms with E-state index in [2.05, 4.69) is 30.7 Å². The summed E-state index contributed by atoms with van der Waals surface area (Å²) in [5.41, 5.74) is 2.47. The second kappa shape index (κ2) is 14.0. The number of carbonyl (C=O) groups excluding carboxylic acids is 3. The number of piperidine rings is 1. The molecular weight excluding hydrogens is 600 g/mol. The molecule has 0 bridgehead atoms. The summed E-state index contributed by atoms with van der Waals surface area (Å²) in [5, 5.41) is 22.4. The minimum absolute atomic E-state index is 0.0138. The number of hydrogen-bond acceptors (Lipinski definition) is 8. The van der Waals surface area contributed by atoms with E-state index in [1.807, 2.05) is 47.5 Å². The highest BCUT2D eigenvalue weighted by Gasteiger charge is 2.35. The summed E-state index contributed by atoms with van der Waals surface area (Å²) in [6.45, 7) is 5.97. The highest BCUT2D eigenvalue weighted by molar-refractivity contribution is 5.89. The van der Waals surface area contributed by atoms with Gasteiger partial charge in [0.05, 0.1) is 24.5 Å². The second-order valence-corrected chi connectivity index (χ2v) is 13.2. The normalized spacial score (nSPS) is 19.7. The molecule has 6 rings (SSSR count). The smallest absolute Gasteiger partial charge is 0.318 e. The van der Waals surface area contributed by atoms with E-state index in [-0.39, 0.29) is 30.6 Å². The molecule has 4 amide bonds. The Labute approximate surface area is 274 Å². The van der Waals surface area contributed by atoms with Crippen LogP contribution >= 0.6 is 0 Å². The number of aromatic nitrogens is 3. The van der Waals surface area contributed by atoms with Gasteiger partial charge in [-0.15, -0.1) is 0 Å². The van der Waals surface area contributed by atoms with E-state index in [1.165, 1.54) is 0 Å². The molecule has 3 aromatic rings. The Morgan fingerprint density at radius 3 is 2.64 bits per heavy atom. The molecule has 2 aliphatic heterocycles. The van der Waals surface area contributed by atoms with Gasteiger partial charge in [0.15, 0.2) is 5.60 Å². The third-order valence-corrected chi connectivity index (χ3v) is 8.99. The molecule has 1 aromatic carbocycles. The Hall–Kier alpha value is -4.65. The highest BCUT2D eigenvalue weighted by Crippen LogP contribution is 2.30. The number of anilines is 1. The van der Waals surface area contributed by atoms with E-state index < -0.39 is 17.6 Å². The molecule has 2 atom stereocenters. The van der Waals surface area contributed by atoms with Gasteiger partial charge in [0.2, 0.25) is 5.91 Å². The summed E-state index contributed by atoms with van der Waals surface area (Å²) in [6, 6.07) is 11.8. The van der Waals surface area contributed by atoms with Crippen LogP contribution in [-0.2, 0) is 16.1 Å². The molecule has 0 unspecified atom stereocenters. The molecule has 13 nitrogen and oxygen atoms in total. The van der Waals surface area contributed by atoms with Crippen LogP contribution < -0.4 is 20.3 Å². The van der Waals surface area contributed by atoms with Gasteiger partial charge in [0, 0.05) is 74.5 Å². The van der Waals surface area contributed by atoms with Crippen LogP contribution in [0.25, 0.3) is 11.3 Å². The standard InChI is InChI=1S/C34H44N8O5/c1-34(2,32(45)36-19-31(44)41-14-12-28(43)22-41)47-29-7-3-6-27(15-29)40-13-4-5-25(21-40)39-33(46)42(26-9-10-26)20-23-8-11-30(35-16-23)24-17-37-38-18-24/h3,6-8,11,15-18,25-26,28,43H,4-5,9-10,12-14,19-22H2,1-2H3,(H,36,45)(H,37,38)(H,39,46)/t25-,28-/m0/s1. The van der Waals surface area contributed by atoms with E-state index >= 15 is 0 Å². The number of pyridine rings is 1. The zero-order chi connectivity index (χ0) is 33.0. The fraction of sp³-hybridized carbons (Fsp3) is 0.500. The number of aliphatic hydroxyl groups is 1. The minimum atomic E-state index is -1.22. The molecule has 3 fully saturated rings. The van der Waals surface area contributed by atoms with Crippen LogP contribution in [0, 0.1) is 0 Å². The Bertz CT molecular complexity index is 1540. The van der Waals surface area contributed by atoms with Crippen molar-refractivity contribution in [2.75, 3.05) is 37.6 Å². The second-order valence-electron chi connectivity index (χ2n) is 13.2. The van der Waals surface area contributed by atoms with Crippen LogP contribution in [0.4, 0.5) is 10.5 Å².